The molecule has 2 aromatic rings. The topological polar surface area (TPSA) is 46.2 Å². The molecule has 2 heterocycles. The summed E-state index contributed by atoms with van der Waals surface area (Å²) in [4.78, 5) is 23.7. The van der Waals surface area contributed by atoms with Crippen LogP contribution in [0.1, 0.15) is 24.0 Å². The normalized spacial score (nSPS) is 22.6. The van der Waals surface area contributed by atoms with E-state index in [4.69, 9.17) is 0 Å². The SMILES string of the molecule is O=C1CC(=O)N[C@@](c2ccsc2)(c2ccccc2F)C1. The van der Waals surface area contributed by atoms with Gasteiger partial charge in [-0.15, -0.1) is 0 Å². The predicted octanol–water partition coefficient (Wildman–Crippen LogP) is 2.61. The van der Waals surface area contributed by atoms with E-state index in [-0.39, 0.29) is 24.5 Å². The van der Waals surface area contributed by atoms with Crippen LogP contribution in [0.4, 0.5) is 4.39 Å². The molecule has 1 aromatic carbocycles. The van der Waals surface area contributed by atoms with E-state index in [1.807, 2.05) is 16.8 Å². The molecule has 1 aromatic heterocycles. The van der Waals surface area contributed by atoms with Crippen LogP contribution in [0, 0.1) is 5.82 Å². The van der Waals surface area contributed by atoms with Crippen molar-refractivity contribution in [3.63, 3.8) is 0 Å². The third kappa shape index (κ3) is 2.04. The van der Waals surface area contributed by atoms with Crippen LogP contribution in [0.15, 0.2) is 41.1 Å². The minimum atomic E-state index is -1.09. The standard InChI is InChI=1S/C15H12FNO2S/c16-13-4-2-1-3-12(13)15(10-5-6-20-9-10)8-11(18)7-14(19)17-15/h1-6,9H,7-8H2,(H,17,19)/t15-/m0/s1. The Bertz CT molecular complexity index is 650. The number of piperidine rings is 1. The van der Waals surface area contributed by atoms with Crippen molar-refractivity contribution in [2.45, 2.75) is 18.4 Å². The molecule has 0 radical (unpaired) electrons. The molecule has 3 rings (SSSR count). The van der Waals surface area contributed by atoms with E-state index in [1.165, 1.54) is 17.4 Å². The predicted molar refractivity (Wildman–Crippen MR) is 73.9 cm³/mol. The second kappa shape index (κ2) is 4.83. The summed E-state index contributed by atoms with van der Waals surface area (Å²) < 4.78 is 14.2. The molecule has 1 amide bonds. The van der Waals surface area contributed by atoms with E-state index in [9.17, 15) is 14.0 Å². The Labute approximate surface area is 119 Å². The summed E-state index contributed by atoms with van der Waals surface area (Å²) in [6.45, 7) is 0. The Morgan fingerprint density at radius 1 is 1.20 bits per heavy atom. The van der Waals surface area contributed by atoms with Crippen LogP contribution in [-0.2, 0) is 15.1 Å². The molecule has 1 N–H and O–H groups in total. The van der Waals surface area contributed by atoms with Gasteiger partial charge in [-0.2, -0.15) is 11.3 Å². The summed E-state index contributed by atoms with van der Waals surface area (Å²) >= 11 is 1.45. The molecule has 0 unspecified atom stereocenters. The number of carbonyl (C=O) groups excluding carboxylic acids is 2. The fourth-order valence-corrected chi connectivity index (χ4v) is 3.40. The number of ketones is 1. The highest BCUT2D eigenvalue weighted by Gasteiger charge is 2.43. The molecule has 0 saturated carbocycles. The Balaban J connectivity index is 2.21. The van der Waals surface area contributed by atoms with Crippen molar-refractivity contribution in [3.05, 3.63) is 58.0 Å². The smallest absolute Gasteiger partial charge is 0.228 e. The van der Waals surface area contributed by atoms with E-state index in [2.05, 4.69) is 5.32 Å². The number of carbonyl (C=O) groups is 2. The molecule has 1 aliphatic heterocycles. The lowest BCUT2D eigenvalue weighted by Crippen LogP contribution is -2.52. The number of thiophene rings is 1. The van der Waals surface area contributed by atoms with Crippen molar-refractivity contribution in [2.75, 3.05) is 0 Å². The first-order valence-corrected chi connectivity index (χ1v) is 7.16. The van der Waals surface area contributed by atoms with Gasteiger partial charge < -0.3 is 5.32 Å². The Morgan fingerprint density at radius 2 is 2.00 bits per heavy atom. The van der Waals surface area contributed by atoms with Crippen LogP contribution in [-0.4, -0.2) is 11.7 Å². The summed E-state index contributed by atoms with van der Waals surface area (Å²) in [6.07, 6.45) is -0.0588. The number of hydrogen-bond donors (Lipinski definition) is 1. The number of rotatable bonds is 2. The van der Waals surface area contributed by atoms with Gasteiger partial charge in [0.15, 0.2) is 0 Å². The van der Waals surface area contributed by atoms with Crippen molar-refractivity contribution in [1.29, 1.82) is 0 Å². The first kappa shape index (κ1) is 13.0. The molecule has 1 atom stereocenters. The van der Waals surface area contributed by atoms with Crippen molar-refractivity contribution in [2.24, 2.45) is 0 Å². The Kier molecular flexibility index (Phi) is 3.14. The molecule has 0 spiro atoms. The van der Waals surface area contributed by atoms with Gasteiger partial charge in [0, 0.05) is 12.0 Å². The Morgan fingerprint density at radius 3 is 2.65 bits per heavy atom. The molecule has 3 nitrogen and oxygen atoms in total. The van der Waals surface area contributed by atoms with Crippen LogP contribution in [0.3, 0.4) is 0 Å². The van der Waals surface area contributed by atoms with E-state index in [0.29, 0.717) is 5.56 Å². The number of halogens is 1. The van der Waals surface area contributed by atoms with Crippen LogP contribution in [0.5, 0.6) is 0 Å². The maximum Gasteiger partial charge on any atom is 0.228 e. The zero-order chi connectivity index (χ0) is 14.2. The van der Waals surface area contributed by atoms with Gasteiger partial charge >= 0.3 is 0 Å². The molecule has 0 aliphatic carbocycles. The fraction of sp³-hybridized carbons (Fsp3) is 0.200. The summed E-state index contributed by atoms with van der Waals surface area (Å²) in [6, 6.07) is 8.07. The fourth-order valence-electron chi connectivity index (χ4n) is 2.67. The van der Waals surface area contributed by atoms with E-state index in [1.54, 1.807) is 18.2 Å². The molecule has 20 heavy (non-hydrogen) atoms. The van der Waals surface area contributed by atoms with Crippen molar-refractivity contribution < 1.29 is 14.0 Å². The van der Waals surface area contributed by atoms with Crippen LogP contribution >= 0.6 is 11.3 Å². The third-order valence-corrected chi connectivity index (χ3v) is 4.20. The molecule has 1 saturated heterocycles. The lowest BCUT2D eigenvalue weighted by Gasteiger charge is -2.37. The molecule has 1 fully saturated rings. The van der Waals surface area contributed by atoms with Crippen LogP contribution < -0.4 is 5.32 Å². The minimum absolute atomic E-state index is 0.0798. The van der Waals surface area contributed by atoms with Gasteiger partial charge in [0.05, 0.1) is 6.42 Å². The van der Waals surface area contributed by atoms with Crippen molar-refractivity contribution in [3.8, 4) is 0 Å². The van der Waals surface area contributed by atoms with E-state index < -0.39 is 11.4 Å². The first-order chi connectivity index (χ1) is 9.62. The zero-order valence-corrected chi connectivity index (χ0v) is 11.4. The van der Waals surface area contributed by atoms with Crippen molar-refractivity contribution >= 4 is 23.0 Å². The summed E-state index contributed by atoms with van der Waals surface area (Å²) in [7, 11) is 0. The molecule has 5 heteroatoms. The highest BCUT2D eigenvalue weighted by molar-refractivity contribution is 7.08. The summed E-state index contributed by atoms with van der Waals surface area (Å²) in [5.41, 5.74) is -0.00796. The quantitative estimate of drug-likeness (QED) is 0.864. The monoisotopic (exact) mass is 289 g/mol. The number of benzene rings is 1. The average Bonchev–Trinajstić information content (AvgIpc) is 2.92. The highest BCUT2D eigenvalue weighted by atomic mass is 32.1. The molecule has 0 bridgehead atoms. The van der Waals surface area contributed by atoms with Gasteiger partial charge in [0.1, 0.15) is 17.1 Å². The van der Waals surface area contributed by atoms with Gasteiger partial charge in [-0.25, -0.2) is 4.39 Å². The number of Topliss-reactive ketones (excluding diaryl/α,β-unsaturated/α-hetero) is 1. The molecular formula is C15H12FNO2S. The summed E-state index contributed by atoms with van der Waals surface area (Å²) in [5, 5.41) is 6.52. The molecular weight excluding hydrogens is 277 g/mol. The summed E-state index contributed by atoms with van der Waals surface area (Å²) in [5.74, 6) is -0.965. The molecule has 1 aliphatic rings. The van der Waals surface area contributed by atoms with Crippen molar-refractivity contribution in [1.82, 2.24) is 5.32 Å². The highest BCUT2D eigenvalue weighted by Crippen LogP contribution is 2.38. The zero-order valence-electron chi connectivity index (χ0n) is 10.6. The third-order valence-electron chi connectivity index (χ3n) is 3.52. The average molecular weight is 289 g/mol. The number of nitrogens with one attached hydrogen (secondary N) is 1. The Hall–Kier alpha value is -2.01. The van der Waals surface area contributed by atoms with E-state index in [0.717, 1.165) is 5.56 Å². The maximum absolute atomic E-state index is 14.2. The van der Waals surface area contributed by atoms with Crippen LogP contribution in [0.25, 0.3) is 0 Å². The largest absolute Gasteiger partial charge is 0.341 e. The van der Waals surface area contributed by atoms with Gasteiger partial charge in [-0.3, -0.25) is 9.59 Å². The van der Waals surface area contributed by atoms with Gasteiger partial charge in [0.2, 0.25) is 5.91 Å². The number of amides is 1. The second-order valence-corrected chi connectivity index (χ2v) is 5.62. The van der Waals surface area contributed by atoms with Gasteiger partial charge in [0.25, 0.3) is 0 Å². The lowest BCUT2D eigenvalue weighted by atomic mass is 9.77. The van der Waals surface area contributed by atoms with Crippen LogP contribution in [0.2, 0.25) is 0 Å². The van der Waals surface area contributed by atoms with Gasteiger partial charge in [-0.1, -0.05) is 18.2 Å². The lowest BCUT2D eigenvalue weighted by molar-refractivity contribution is -0.133. The number of hydrogen-bond acceptors (Lipinski definition) is 3. The molecule has 102 valence electrons. The van der Waals surface area contributed by atoms with Gasteiger partial charge in [-0.05, 0) is 28.5 Å². The maximum atomic E-state index is 14.2. The first-order valence-electron chi connectivity index (χ1n) is 6.22. The second-order valence-electron chi connectivity index (χ2n) is 4.84. The minimum Gasteiger partial charge on any atom is -0.341 e. The van der Waals surface area contributed by atoms with E-state index >= 15 is 0 Å².